The predicted molar refractivity (Wildman–Crippen MR) is 102 cm³/mol. The highest BCUT2D eigenvalue weighted by Gasteiger charge is 2.60. The van der Waals surface area contributed by atoms with E-state index < -0.39 is 0 Å². The molecule has 0 amide bonds. The van der Waals surface area contributed by atoms with Gasteiger partial charge in [0.1, 0.15) is 0 Å². The molecule has 1 spiro atoms. The fraction of sp³-hybridized carbons (Fsp3) is 0.391. The highest BCUT2D eigenvalue weighted by Crippen LogP contribution is 2.50. The van der Waals surface area contributed by atoms with Crippen molar-refractivity contribution in [1.82, 2.24) is 5.32 Å². The van der Waals surface area contributed by atoms with Gasteiger partial charge in [-0.2, -0.15) is 0 Å². The topological polar surface area (TPSA) is 40.4 Å². The van der Waals surface area contributed by atoms with Crippen molar-refractivity contribution in [3.8, 4) is 0 Å². The molecule has 2 fully saturated rings. The van der Waals surface area contributed by atoms with Gasteiger partial charge in [0, 0.05) is 23.9 Å². The minimum atomic E-state index is 0.109. The van der Waals surface area contributed by atoms with Crippen molar-refractivity contribution in [2.75, 3.05) is 6.54 Å². The van der Waals surface area contributed by atoms with Gasteiger partial charge in [-0.15, -0.1) is 0 Å². The second kappa shape index (κ2) is 6.66. The number of nitrogens with one attached hydrogen (secondary N) is 1. The third-order valence-electron chi connectivity index (χ3n) is 6.10. The largest absolute Gasteiger partial charge is 0.370 e. The molecule has 1 aliphatic heterocycles. The van der Waals surface area contributed by atoms with E-state index in [1.54, 1.807) is 0 Å². The van der Waals surface area contributed by atoms with E-state index in [4.69, 9.17) is 9.47 Å². The molecular weight excluding hydrogens is 322 g/mol. The molecule has 2 aromatic carbocycles. The van der Waals surface area contributed by atoms with Crippen LogP contribution < -0.4 is 5.32 Å². The first-order valence-electron chi connectivity index (χ1n) is 9.58. The molecular formula is C23H25NO2. The molecule has 134 valence electrons. The number of rotatable bonds is 6. The Kier molecular flexibility index (Phi) is 4.16. The Morgan fingerprint density at radius 2 is 1.38 bits per heavy atom. The van der Waals surface area contributed by atoms with Gasteiger partial charge in [-0.3, -0.25) is 0 Å². The lowest BCUT2D eigenvalue weighted by molar-refractivity contribution is -0.148. The van der Waals surface area contributed by atoms with Crippen LogP contribution in [0.2, 0.25) is 0 Å². The maximum atomic E-state index is 6.46. The van der Waals surface area contributed by atoms with E-state index in [1.165, 1.54) is 17.5 Å². The van der Waals surface area contributed by atoms with Crippen LogP contribution in [0.5, 0.6) is 0 Å². The van der Waals surface area contributed by atoms with Crippen LogP contribution in [0.4, 0.5) is 0 Å². The SMILES string of the molecule is C1=C[C@H]2[C@@H](OCc3ccccc3)[C@H](OCc3ccccc3)[C@@H]1C[C@@]21CN1. The summed E-state index contributed by atoms with van der Waals surface area (Å²) in [7, 11) is 0. The van der Waals surface area contributed by atoms with E-state index in [0.29, 0.717) is 25.0 Å². The van der Waals surface area contributed by atoms with Gasteiger partial charge in [-0.25, -0.2) is 0 Å². The summed E-state index contributed by atoms with van der Waals surface area (Å²) in [5.41, 5.74) is 2.70. The molecule has 3 heteroatoms. The first-order chi connectivity index (χ1) is 12.8. The molecule has 0 radical (unpaired) electrons. The molecule has 1 heterocycles. The number of hydrogen-bond acceptors (Lipinski definition) is 3. The Labute approximate surface area is 155 Å². The molecule has 2 bridgehead atoms. The van der Waals surface area contributed by atoms with Crippen LogP contribution >= 0.6 is 0 Å². The predicted octanol–water partition coefficient (Wildman–Crippen LogP) is 3.71. The van der Waals surface area contributed by atoms with E-state index in [-0.39, 0.29) is 17.7 Å². The zero-order valence-electron chi connectivity index (χ0n) is 14.9. The zero-order valence-corrected chi connectivity index (χ0v) is 14.9. The number of benzene rings is 2. The average Bonchev–Trinajstić information content (AvgIpc) is 3.46. The molecule has 3 aliphatic carbocycles. The second-order valence-corrected chi connectivity index (χ2v) is 7.81. The molecule has 6 rings (SSSR count). The molecule has 1 saturated heterocycles. The van der Waals surface area contributed by atoms with E-state index in [2.05, 4.69) is 66.0 Å². The highest BCUT2D eigenvalue weighted by molar-refractivity contribution is 5.28. The highest BCUT2D eigenvalue weighted by atomic mass is 16.5. The Hall–Kier alpha value is -1.94. The summed E-state index contributed by atoms with van der Waals surface area (Å²) in [4.78, 5) is 0. The zero-order chi connectivity index (χ0) is 17.4. The summed E-state index contributed by atoms with van der Waals surface area (Å²) in [6, 6.07) is 20.9. The van der Waals surface area contributed by atoms with Crippen molar-refractivity contribution < 1.29 is 9.47 Å². The summed E-state index contributed by atoms with van der Waals surface area (Å²) >= 11 is 0. The lowest BCUT2D eigenvalue weighted by atomic mass is 9.65. The van der Waals surface area contributed by atoms with Gasteiger partial charge in [-0.1, -0.05) is 72.8 Å². The Morgan fingerprint density at radius 1 is 0.808 bits per heavy atom. The van der Waals surface area contributed by atoms with Crippen LogP contribution in [-0.2, 0) is 22.7 Å². The van der Waals surface area contributed by atoms with Gasteiger partial charge in [0.25, 0.3) is 0 Å². The van der Waals surface area contributed by atoms with Crippen LogP contribution in [-0.4, -0.2) is 24.3 Å². The van der Waals surface area contributed by atoms with Crippen LogP contribution in [0.3, 0.4) is 0 Å². The third-order valence-corrected chi connectivity index (χ3v) is 6.10. The molecule has 2 aromatic rings. The number of fused-ring (bicyclic) bond motifs is 1. The van der Waals surface area contributed by atoms with Gasteiger partial charge >= 0.3 is 0 Å². The monoisotopic (exact) mass is 347 g/mol. The Morgan fingerprint density at radius 3 is 1.96 bits per heavy atom. The fourth-order valence-electron chi connectivity index (χ4n) is 4.61. The molecule has 0 unspecified atom stereocenters. The number of hydrogen-bond donors (Lipinski definition) is 1. The van der Waals surface area contributed by atoms with Gasteiger partial charge in [-0.05, 0) is 17.5 Å². The van der Waals surface area contributed by atoms with Crippen LogP contribution in [0.1, 0.15) is 17.5 Å². The molecule has 1 N–H and O–H groups in total. The summed E-state index contributed by atoms with van der Waals surface area (Å²) < 4.78 is 12.9. The first-order valence-corrected chi connectivity index (χ1v) is 9.58. The molecule has 3 nitrogen and oxygen atoms in total. The average molecular weight is 347 g/mol. The van der Waals surface area contributed by atoms with E-state index in [9.17, 15) is 0 Å². The maximum Gasteiger partial charge on any atom is 0.0927 e. The smallest absolute Gasteiger partial charge is 0.0927 e. The van der Waals surface area contributed by atoms with Gasteiger partial charge in [0.2, 0.25) is 0 Å². The quantitative estimate of drug-likeness (QED) is 0.640. The lowest BCUT2D eigenvalue weighted by Gasteiger charge is -2.48. The number of ether oxygens (including phenoxy) is 2. The molecule has 1 saturated carbocycles. The van der Waals surface area contributed by atoms with Gasteiger partial charge in [0.05, 0.1) is 25.4 Å². The molecule has 5 atom stereocenters. The van der Waals surface area contributed by atoms with Crippen molar-refractivity contribution in [2.45, 2.75) is 37.4 Å². The van der Waals surface area contributed by atoms with Crippen molar-refractivity contribution in [1.29, 1.82) is 0 Å². The summed E-state index contributed by atoms with van der Waals surface area (Å²) in [6.45, 7) is 2.40. The molecule has 4 aliphatic rings. The minimum Gasteiger partial charge on any atom is -0.370 e. The minimum absolute atomic E-state index is 0.109. The van der Waals surface area contributed by atoms with Gasteiger partial charge < -0.3 is 14.8 Å². The van der Waals surface area contributed by atoms with E-state index in [1.807, 2.05) is 12.1 Å². The van der Waals surface area contributed by atoms with Crippen molar-refractivity contribution >= 4 is 0 Å². The maximum absolute atomic E-state index is 6.46. The normalized spacial score (nSPS) is 34.3. The Bertz CT molecular complexity index is 769. The second-order valence-electron chi connectivity index (χ2n) is 7.81. The third kappa shape index (κ3) is 3.01. The van der Waals surface area contributed by atoms with Crippen molar-refractivity contribution in [2.24, 2.45) is 11.8 Å². The summed E-state index contributed by atoms with van der Waals surface area (Å²) in [6.07, 6.45) is 6.12. The van der Waals surface area contributed by atoms with Crippen molar-refractivity contribution in [3.63, 3.8) is 0 Å². The summed E-state index contributed by atoms with van der Waals surface area (Å²) in [5, 5.41) is 3.62. The molecule has 26 heavy (non-hydrogen) atoms. The van der Waals surface area contributed by atoms with Crippen LogP contribution in [0, 0.1) is 11.8 Å². The van der Waals surface area contributed by atoms with Crippen molar-refractivity contribution in [3.05, 3.63) is 83.9 Å². The summed E-state index contributed by atoms with van der Waals surface area (Å²) in [5.74, 6) is 0.830. The van der Waals surface area contributed by atoms with E-state index in [0.717, 1.165) is 6.54 Å². The standard InChI is InChI=1S/C23H25NO2/c1-3-7-17(8-4-1)14-25-21-19-11-12-20(23(13-19)16-24-23)22(21)26-15-18-9-5-2-6-10-18/h1-12,19-22,24H,13-16H2/t19-,20-,21+,22+,23+/m0/s1. The fourth-order valence-corrected chi connectivity index (χ4v) is 4.61. The van der Waals surface area contributed by atoms with Gasteiger partial charge in [0.15, 0.2) is 0 Å². The molecule has 0 aromatic heterocycles. The van der Waals surface area contributed by atoms with Crippen LogP contribution in [0.15, 0.2) is 72.8 Å². The lowest BCUT2D eigenvalue weighted by Crippen LogP contribution is -2.56. The van der Waals surface area contributed by atoms with Crippen LogP contribution in [0.25, 0.3) is 0 Å². The van der Waals surface area contributed by atoms with E-state index >= 15 is 0 Å². The Balaban J connectivity index is 1.33. The first kappa shape index (κ1) is 16.2.